The third-order valence-corrected chi connectivity index (χ3v) is 2.47. The lowest BCUT2D eigenvalue weighted by Gasteiger charge is -2.01. The smallest absolute Gasteiger partial charge is 0.155 e. The van der Waals surface area contributed by atoms with Gasteiger partial charge in [0, 0.05) is 18.1 Å². The number of pyridine rings is 1. The van der Waals surface area contributed by atoms with Gasteiger partial charge in [0.25, 0.3) is 0 Å². The van der Waals surface area contributed by atoms with Crippen molar-refractivity contribution >= 4 is 5.65 Å². The minimum absolute atomic E-state index is 0.834. The van der Waals surface area contributed by atoms with Crippen LogP contribution >= 0.6 is 0 Å². The Hall–Kier alpha value is -2.23. The molecule has 3 heterocycles. The van der Waals surface area contributed by atoms with Crippen molar-refractivity contribution in [3.63, 3.8) is 0 Å². The van der Waals surface area contributed by atoms with Crippen molar-refractivity contribution in [2.24, 2.45) is 0 Å². The molecule has 0 spiro atoms. The summed E-state index contributed by atoms with van der Waals surface area (Å²) >= 11 is 0. The molecule has 0 aliphatic carbocycles. The molecule has 3 aromatic rings. The zero-order valence-electron chi connectivity index (χ0n) is 8.83. The van der Waals surface area contributed by atoms with Gasteiger partial charge in [0.1, 0.15) is 0 Å². The largest absolute Gasteiger partial charge is 0.295 e. The molecule has 16 heavy (non-hydrogen) atoms. The Bertz CT molecular complexity index is 642. The Kier molecular flexibility index (Phi) is 1.93. The van der Waals surface area contributed by atoms with Gasteiger partial charge in [0.15, 0.2) is 5.65 Å². The molecule has 3 aromatic heterocycles. The fraction of sp³-hybridized carbons (Fsp3) is 0.0833. The monoisotopic (exact) mass is 210 g/mol. The molecule has 0 unspecified atom stereocenters. The summed E-state index contributed by atoms with van der Waals surface area (Å²) in [5, 5.41) is 0. The van der Waals surface area contributed by atoms with E-state index in [1.54, 1.807) is 12.4 Å². The predicted molar refractivity (Wildman–Crippen MR) is 61.0 cm³/mol. The molecule has 0 bridgehead atoms. The minimum atomic E-state index is 0.834. The van der Waals surface area contributed by atoms with E-state index in [1.165, 1.54) is 0 Å². The summed E-state index contributed by atoms with van der Waals surface area (Å²) in [4.78, 5) is 12.8. The number of rotatable bonds is 1. The van der Waals surface area contributed by atoms with E-state index in [9.17, 15) is 0 Å². The van der Waals surface area contributed by atoms with E-state index >= 15 is 0 Å². The minimum Gasteiger partial charge on any atom is -0.295 e. The number of aromatic nitrogens is 4. The Morgan fingerprint density at radius 1 is 1.19 bits per heavy atom. The molecule has 0 saturated heterocycles. The zero-order valence-corrected chi connectivity index (χ0v) is 8.83. The SMILES string of the molecule is Cc1cccc(-c2cnc3cnccn23)n1. The lowest BCUT2D eigenvalue weighted by Crippen LogP contribution is -1.91. The average molecular weight is 210 g/mol. The quantitative estimate of drug-likeness (QED) is 0.617. The molecular formula is C12H10N4. The molecule has 0 fully saturated rings. The maximum Gasteiger partial charge on any atom is 0.155 e. The van der Waals surface area contributed by atoms with Crippen LogP contribution in [0.4, 0.5) is 0 Å². The fourth-order valence-corrected chi connectivity index (χ4v) is 1.72. The molecule has 0 amide bonds. The summed E-state index contributed by atoms with van der Waals surface area (Å²) in [5.41, 5.74) is 3.75. The number of aryl methyl sites for hydroxylation is 1. The number of hydrogen-bond donors (Lipinski definition) is 0. The van der Waals surface area contributed by atoms with Crippen molar-refractivity contribution in [1.29, 1.82) is 0 Å². The summed E-state index contributed by atoms with van der Waals surface area (Å²) in [6, 6.07) is 5.96. The highest BCUT2D eigenvalue weighted by Crippen LogP contribution is 2.17. The maximum atomic E-state index is 4.48. The molecule has 4 nitrogen and oxygen atoms in total. The van der Waals surface area contributed by atoms with Gasteiger partial charge in [-0.15, -0.1) is 0 Å². The van der Waals surface area contributed by atoms with Crippen LogP contribution in [0.3, 0.4) is 0 Å². The topological polar surface area (TPSA) is 43.1 Å². The van der Waals surface area contributed by atoms with Gasteiger partial charge < -0.3 is 0 Å². The molecule has 4 heteroatoms. The lowest BCUT2D eigenvalue weighted by atomic mass is 10.2. The molecule has 0 N–H and O–H groups in total. The average Bonchev–Trinajstić information content (AvgIpc) is 2.72. The second-order valence-electron chi connectivity index (χ2n) is 3.61. The van der Waals surface area contributed by atoms with Crippen LogP contribution in [-0.2, 0) is 0 Å². The van der Waals surface area contributed by atoms with Crippen LogP contribution in [0.1, 0.15) is 5.69 Å². The van der Waals surface area contributed by atoms with E-state index in [1.807, 2.05) is 41.9 Å². The van der Waals surface area contributed by atoms with Gasteiger partial charge in [-0.3, -0.25) is 14.4 Å². The van der Waals surface area contributed by atoms with Crippen molar-refractivity contribution in [2.45, 2.75) is 6.92 Å². The Morgan fingerprint density at radius 2 is 2.12 bits per heavy atom. The molecule has 78 valence electrons. The second kappa shape index (κ2) is 3.41. The number of fused-ring (bicyclic) bond motifs is 1. The first-order valence-corrected chi connectivity index (χ1v) is 5.06. The van der Waals surface area contributed by atoms with Crippen LogP contribution in [0.25, 0.3) is 17.0 Å². The Labute approximate surface area is 92.6 Å². The lowest BCUT2D eigenvalue weighted by molar-refractivity contribution is 1.11. The highest BCUT2D eigenvalue weighted by atomic mass is 15.0. The Balaban J connectivity index is 2.26. The summed E-state index contributed by atoms with van der Waals surface area (Å²) in [6.45, 7) is 1.98. The standard InChI is InChI=1S/C12H10N4/c1-9-3-2-4-10(15-9)11-7-14-12-8-13-5-6-16(11)12/h2-8H,1H3. The molecule has 0 radical (unpaired) electrons. The number of hydrogen-bond acceptors (Lipinski definition) is 3. The first-order valence-electron chi connectivity index (χ1n) is 5.06. The van der Waals surface area contributed by atoms with Crippen LogP contribution in [0, 0.1) is 6.92 Å². The molecule has 0 aliphatic rings. The number of imidazole rings is 1. The molecule has 0 saturated carbocycles. The van der Waals surface area contributed by atoms with E-state index in [0.717, 1.165) is 22.7 Å². The molecule has 3 rings (SSSR count). The first-order chi connectivity index (χ1) is 7.84. The van der Waals surface area contributed by atoms with Crippen molar-refractivity contribution in [3.05, 3.63) is 48.7 Å². The summed E-state index contributed by atoms with van der Waals surface area (Å²) in [5.74, 6) is 0. The van der Waals surface area contributed by atoms with Crippen LogP contribution in [0.2, 0.25) is 0 Å². The van der Waals surface area contributed by atoms with E-state index in [4.69, 9.17) is 0 Å². The van der Waals surface area contributed by atoms with E-state index in [2.05, 4.69) is 15.0 Å². The summed E-state index contributed by atoms with van der Waals surface area (Å²) < 4.78 is 1.98. The van der Waals surface area contributed by atoms with Crippen LogP contribution in [0.5, 0.6) is 0 Å². The number of nitrogens with zero attached hydrogens (tertiary/aromatic N) is 4. The van der Waals surface area contributed by atoms with E-state index in [-0.39, 0.29) is 0 Å². The van der Waals surface area contributed by atoms with Gasteiger partial charge in [0.05, 0.1) is 23.8 Å². The third-order valence-electron chi connectivity index (χ3n) is 2.47. The van der Waals surface area contributed by atoms with E-state index < -0.39 is 0 Å². The van der Waals surface area contributed by atoms with Gasteiger partial charge in [-0.05, 0) is 19.1 Å². The van der Waals surface area contributed by atoms with Crippen molar-refractivity contribution in [1.82, 2.24) is 19.4 Å². The van der Waals surface area contributed by atoms with Gasteiger partial charge in [-0.2, -0.15) is 0 Å². The maximum absolute atomic E-state index is 4.48. The van der Waals surface area contributed by atoms with Gasteiger partial charge in [-0.1, -0.05) is 6.07 Å². The Morgan fingerprint density at radius 3 is 3.00 bits per heavy atom. The highest BCUT2D eigenvalue weighted by Gasteiger charge is 2.06. The normalized spacial score (nSPS) is 10.8. The van der Waals surface area contributed by atoms with Crippen molar-refractivity contribution in [2.75, 3.05) is 0 Å². The summed E-state index contributed by atoms with van der Waals surface area (Å²) in [6.07, 6.45) is 7.19. The molecule has 0 atom stereocenters. The van der Waals surface area contributed by atoms with Crippen molar-refractivity contribution in [3.8, 4) is 11.4 Å². The van der Waals surface area contributed by atoms with E-state index in [0.29, 0.717) is 0 Å². The second-order valence-corrected chi connectivity index (χ2v) is 3.61. The van der Waals surface area contributed by atoms with Gasteiger partial charge >= 0.3 is 0 Å². The van der Waals surface area contributed by atoms with Crippen molar-refractivity contribution < 1.29 is 0 Å². The zero-order chi connectivity index (χ0) is 11.0. The molecule has 0 aliphatic heterocycles. The molecular weight excluding hydrogens is 200 g/mol. The van der Waals surface area contributed by atoms with Crippen LogP contribution in [0.15, 0.2) is 43.0 Å². The van der Waals surface area contributed by atoms with Gasteiger partial charge in [0.2, 0.25) is 0 Å². The first kappa shape index (κ1) is 9.03. The third kappa shape index (κ3) is 1.35. The fourth-order valence-electron chi connectivity index (χ4n) is 1.72. The molecule has 0 aromatic carbocycles. The summed E-state index contributed by atoms with van der Waals surface area (Å²) in [7, 11) is 0. The predicted octanol–water partition coefficient (Wildman–Crippen LogP) is 2.10. The van der Waals surface area contributed by atoms with Crippen LogP contribution in [-0.4, -0.2) is 19.4 Å². The van der Waals surface area contributed by atoms with Gasteiger partial charge in [-0.25, -0.2) is 4.98 Å². The van der Waals surface area contributed by atoms with Crippen LogP contribution < -0.4 is 0 Å². The highest BCUT2D eigenvalue weighted by molar-refractivity contribution is 5.59.